The van der Waals surface area contributed by atoms with Gasteiger partial charge in [-0.25, -0.2) is 9.59 Å². The van der Waals surface area contributed by atoms with Gasteiger partial charge in [0.05, 0.1) is 6.42 Å². The molecule has 1 atom stereocenters. The molecule has 0 bridgehead atoms. The SMILES string of the molecule is C=C(CC(=O)NC(CSC/C=C(\C)CC/C=C(\C)CCC=C(C)C)C(=O)O)C(=O)O. The van der Waals surface area contributed by atoms with Crippen molar-refractivity contribution in [1.82, 2.24) is 5.32 Å². The average molecular weight is 438 g/mol. The lowest BCUT2D eigenvalue weighted by atomic mass is 10.1. The normalized spacial score (nSPS) is 12.8. The maximum atomic E-state index is 11.8. The second-order valence-electron chi connectivity index (χ2n) is 7.54. The Balaban J connectivity index is 4.30. The molecule has 0 saturated carbocycles. The highest BCUT2D eigenvalue weighted by Crippen LogP contribution is 2.13. The minimum absolute atomic E-state index is 0.202. The highest BCUT2D eigenvalue weighted by Gasteiger charge is 2.21. The Morgan fingerprint density at radius 3 is 2.07 bits per heavy atom. The summed E-state index contributed by atoms with van der Waals surface area (Å²) in [6.07, 6.45) is 10.2. The topological polar surface area (TPSA) is 104 Å². The summed E-state index contributed by atoms with van der Waals surface area (Å²) >= 11 is 1.41. The Kier molecular flexibility index (Phi) is 14.4. The predicted molar refractivity (Wildman–Crippen MR) is 124 cm³/mol. The molecule has 1 unspecified atom stereocenters. The molecule has 3 N–H and O–H groups in total. The Labute approximate surface area is 184 Å². The molecular formula is C23H35NO5S. The van der Waals surface area contributed by atoms with Crippen molar-refractivity contribution in [3.8, 4) is 0 Å². The monoisotopic (exact) mass is 437 g/mol. The van der Waals surface area contributed by atoms with E-state index in [1.807, 2.05) is 0 Å². The highest BCUT2D eigenvalue weighted by atomic mass is 32.2. The molecule has 0 heterocycles. The predicted octanol–water partition coefficient (Wildman–Crippen LogP) is 4.74. The first-order chi connectivity index (χ1) is 14.0. The molecule has 0 aromatic carbocycles. The zero-order valence-electron chi connectivity index (χ0n) is 18.5. The quantitative estimate of drug-likeness (QED) is 0.194. The van der Waals surface area contributed by atoms with Crippen LogP contribution in [0.25, 0.3) is 0 Å². The summed E-state index contributed by atoms with van der Waals surface area (Å²) in [6.45, 7) is 11.7. The summed E-state index contributed by atoms with van der Waals surface area (Å²) in [5.74, 6) is -2.23. The maximum absolute atomic E-state index is 11.8. The fourth-order valence-corrected chi connectivity index (χ4v) is 3.42. The van der Waals surface area contributed by atoms with Gasteiger partial charge >= 0.3 is 11.9 Å². The van der Waals surface area contributed by atoms with Crippen molar-refractivity contribution >= 4 is 29.6 Å². The molecule has 0 fully saturated rings. The van der Waals surface area contributed by atoms with Crippen LogP contribution in [0.5, 0.6) is 0 Å². The van der Waals surface area contributed by atoms with E-state index in [0.717, 1.165) is 25.7 Å². The second-order valence-corrected chi connectivity index (χ2v) is 8.62. The Morgan fingerprint density at radius 1 is 0.967 bits per heavy atom. The van der Waals surface area contributed by atoms with Gasteiger partial charge in [0.15, 0.2) is 0 Å². The molecule has 0 radical (unpaired) electrons. The van der Waals surface area contributed by atoms with Gasteiger partial charge in [0.1, 0.15) is 6.04 Å². The molecule has 168 valence electrons. The van der Waals surface area contributed by atoms with E-state index in [2.05, 4.69) is 57.8 Å². The molecule has 7 heteroatoms. The Morgan fingerprint density at radius 2 is 1.53 bits per heavy atom. The zero-order chi connectivity index (χ0) is 23.1. The van der Waals surface area contributed by atoms with Crippen LogP contribution in [0.2, 0.25) is 0 Å². The molecule has 0 aromatic rings. The van der Waals surface area contributed by atoms with Crippen LogP contribution >= 0.6 is 11.8 Å². The number of amides is 1. The number of nitrogens with one attached hydrogen (secondary N) is 1. The Hall–Kier alpha value is -2.28. The van der Waals surface area contributed by atoms with Crippen molar-refractivity contribution in [2.45, 2.75) is 65.8 Å². The molecule has 0 rings (SSSR count). The number of carbonyl (C=O) groups excluding carboxylic acids is 1. The standard InChI is InChI=1S/C23H35NO5S/c1-16(2)8-6-9-17(3)10-7-11-18(4)12-13-30-15-20(23(28)29)24-21(25)14-19(5)22(26)27/h8,10,12,20H,5-7,9,11,13-15H2,1-4H3,(H,24,25)(H,26,27)(H,28,29)/b17-10+,18-12+. The molecule has 0 spiro atoms. The molecule has 30 heavy (non-hydrogen) atoms. The van der Waals surface area contributed by atoms with Gasteiger partial charge in [-0.2, -0.15) is 11.8 Å². The third-order valence-electron chi connectivity index (χ3n) is 4.27. The van der Waals surface area contributed by atoms with E-state index < -0.39 is 30.3 Å². The zero-order valence-corrected chi connectivity index (χ0v) is 19.3. The van der Waals surface area contributed by atoms with Crippen molar-refractivity contribution in [2.24, 2.45) is 0 Å². The number of carboxylic acid groups (broad SMARTS) is 2. The van der Waals surface area contributed by atoms with Crippen LogP contribution in [-0.4, -0.2) is 45.6 Å². The third-order valence-corrected chi connectivity index (χ3v) is 5.24. The fraction of sp³-hybridized carbons (Fsp3) is 0.522. The second kappa shape index (κ2) is 15.5. The van der Waals surface area contributed by atoms with E-state index >= 15 is 0 Å². The minimum atomic E-state index is -1.27. The van der Waals surface area contributed by atoms with Gasteiger partial charge in [0, 0.05) is 17.1 Å². The van der Waals surface area contributed by atoms with Gasteiger partial charge in [-0.05, 0) is 53.4 Å². The highest BCUT2D eigenvalue weighted by molar-refractivity contribution is 7.99. The molecule has 0 aliphatic rings. The number of carboxylic acids is 2. The number of thioether (sulfide) groups is 1. The third kappa shape index (κ3) is 14.7. The molecule has 0 saturated heterocycles. The van der Waals surface area contributed by atoms with Gasteiger partial charge in [0.25, 0.3) is 0 Å². The van der Waals surface area contributed by atoms with Crippen LogP contribution in [0, 0.1) is 0 Å². The van der Waals surface area contributed by atoms with Gasteiger partial charge in [-0.1, -0.05) is 41.5 Å². The summed E-state index contributed by atoms with van der Waals surface area (Å²) in [6, 6.07) is -1.07. The smallest absolute Gasteiger partial charge is 0.331 e. The van der Waals surface area contributed by atoms with Gasteiger partial charge in [0.2, 0.25) is 5.91 Å². The molecular weight excluding hydrogens is 402 g/mol. The van der Waals surface area contributed by atoms with Gasteiger partial charge in [-0.15, -0.1) is 0 Å². The summed E-state index contributed by atoms with van der Waals surface area (Å²) in [5, 5.41) is 20.3. The molecule has 0 aromatic heterocycles. The van der Waals surface area contributed by atoms with E-state index in [0.29, 0.717) is 5.75 Å². The van der Waals surface area contributed by atoms with Crippen molar-refractivity contribution in [3.63, 3.8) is 0 Å². The van der Waals surface area contributed by atoms with E-state index in [4.69, 9.17) is 5.11 Å². The minimum Gasteiger partial charge on any atom is -0.480 e. The van der Waals surface area contributed by atoms with Gasteiger partial charge in [-0.3, -0.25) is 4.79 Å². The van der Waals surface area contributed by atoms with E-state index in [-0.39, 0.29) is 11.3 Å². The average Bonchev–Trinajstić information content (AvgIpc) is 2.63. The lowest BCUT2D eigenvalue weighted by molar-refractivity contribution is -0.141. The summed E-state index contributed by atoms with van der Waals surface area (Å²) in [7, 11) is 0. The van der Waals surface area contributed by atoms with Gasteiger partial charge < -0.3 is 15.5 Å². The molecule has 1 amide bonds. The number of hydrogen-bond donors (Lipinski definition) is 3. The molecule has 0 aliphatic carbocycles. The summed E-state index contributed by atoms with van der Waals surface area (Å²) in [4.78, 5) is 33.8. The number of carbonyl (C=O) groups is 3. The first-order valence-corrected chi connectivity index (χ1v) is 11.1. The van der Waals surface area contributed by atoms with Crippen LogP contribution in [0.3, 0.4) is 0 Å². The number of allylic oxidation sites excluding steroid dienone is 5. The van der Waals surface area contributed by atoms with E-state index in [9.17, 15) is 19.5 Å². The van der Waals surface area contributed by atoms with Crippen LogP contribution in [0.4, 0.5) is 0 Å². The van der Waals surface area contributed by atoms with Crippen molar-refractivity contribution in [3.05, 3.63) is 47.1 Å². The van der Waals surface area contributed by atoms with Crippen molar-refractivity contribution < 1.29 is 24.6 Å². The largest absolute Gasteiger partial charge is 0.480 e. The summed E-state index contributed by atoms with van der Waals surface area (Å²) < 4.78 is 0. The fourth-order valence-electron chi connectivity index (χ4n) is 2.42. The Bertz CT molecular complexity index is 702. The molecule has 6 nitrogen and oxygen atoms in total. The van der Waals surface area contributed by atoms with Crippen molar-refractivity contribution in [1.29, 1.82) is 0 Å². The van der Waals surface area contributed by atoms with Crippen LogP contribution in [0.1, 0.15) is 59.8 Å². The lowest BCUT2D eigenvalue weighted by Crippen LogP contribution is -2.42. The van der Waals surface area contributed by atoms with Crippen molar-refractivity contribution in [2.75, 3.05) is 11.5 Å². The number of hydrogen-bond acceptors (Lipinski definition) is 4. The van der Waals surface area contributed by atoms with E-state index in [1.165, 1.54) is 28.5 Å². The summed E-state index contributed by atoms with van der Waals surface area (Å²) in [5.41, 5.74) is 3.70. The van der Waals surface area contributed by atoms with Crippen LogP contribution in [0.15, 0.2) is 47.1 Å². The number of aliphatic carboxylic acids is 2. The molecule has 0 aliphatic heterocycles. The van der Waals surface area contributed by atoms with Crippen LogP contribution < -0.4 is 5.32 Å². The van der Waals surface area contributed by atoms with E-state index in [1.54, 1.807) is 0 Å². The lowest BCUT2D eigenvalue weighted by Gasteiger charge is -2.14. The number of rotatable bonds is 15. The first kappa shape index (κ1) is 27.7. The first-order valence-electron chi connectivity index (χ1n) is 9.98. The van der Waals surface area contributed by atoms with Crippen LogP contribution in [-0.2, 0) is 14.4 Å². The maximum Gasteiger partial charge on any atom is 0.331 e.